The molecule has 2 heterocycles. The van der Waals surface area contributed by atoms with E-state index in [0.29, 0.717) is 6.54 Å². The van der Waals surface area contributed by atoms with Crippen LogP contribution in [-0.4, -0.2) is 16.3 Å². The lowest BCUT2D eigenvalue weighted by molar-refractivity contribution is 0.545. The van der Waals surface area contributed by atoms with Crippen molar-refractivity contribution < 1.29 is 0 Å². The maximum atomic E-state index is 5.90. The zero-order valence-corrected chi connectivity index (χ0v) is 12.5. The van der Waals surface area contributed by atoms with Crippen molar-refractivity contribution in [2.75, 3.05) is 6.54 Å². The number of nitrogens with two attached hydrogens (primary N) is 1. The number of thiophene rings is 1. The minimum Gasteiger partial charge on any atom is -0.329 e. The highest BCUT2D eigenvalue weighted by molar-refractivity contribution is 7.09. The van der Waals surface area contributed by atoms with Crippen molar-refractivity contribution in [3.63, 3.8) is 0 Å². The van der Waals surface area contributed by atoms with Crippen LogP contribution in [0.1, 0.15) is 16.5 Å². The minimum absolute atomic E-state index is 0.115. The summed E-state index contributed by atoms with van der Waals surface area (Å²) in [7, 11) is 0. The Kier molecular flexibility index (Phi) is 4.45. The summed E-state index contributed by atoms with van der Waals surface area (Å²) in [5.41, 5.74) is 8.06. The zero-order chi connectivity index (χ0) is 14.5. The van der Waals surface area contributed by atoms with Crippen molar-refractivity contribution in [2.24, 2.45) is 5.73 Å². The number of aromatic nitrogens is 2. The molecule has 1 unspecified atom stereocenters. The van der Waals surface area contributed by atoms with Crippen molar-refractivity contribution in [2.45, 2.75) is 12.6 Å². The molecule has 5 heteroatoms. The van der Waals surface area contributed by atoms with Crippen LogP contribution < -0.4 is 11.1 Å². The molecule has 0 saturated carbocycles. The molecule has 21 heavy (non-hydrogen) atoms. The van der Waals surface area contributed by atoms with Gasteiger partial charge in [0.15, 0.2) is 0 Å². The van der Waals surface area contributed by atoms with E-state index < -0.39 is 0 Å². The molecular weight excluding hydrogens is 280 g/mol. The topological polar surface area (TPSA) is 55.9 Å². The standard InChI is InChI=1S/C16H18N4S/c17-9-16(18-11-15-7-4-8-21-15)13-10-19-20(12-13)14-5-2-1-3-6-14/h1-8,10,12,16,18H,9,11,17H2. The van der Waals surface area contributed by atoms with Crippen molar-refractivity contribution in [1.29, 1.82) is 0 Å². The van der Waals surface area contributed by atoms with Crippen LogP contribution in [0.4, 0.5) is 0 Å². The van der Waals surface area contributed by atoms with Gasteiger partial charge in [0.05, 0.1) is 11.9 Å². The van der Waals surface area contributed by atoms with Gasteiger partial charge in [0.1, 0.15) is 0 Å². The Hall–Kier alpha value is -1.95. The molecule has 3 aromatic rings. The molecule has 2 aromatic heterocycles. The Morgan fingerprint density at radius 1 is 1.19 bits per heavy atom. The maximum Gasteiger partial charge on any atom is 0.0645 e. The monoisotopic (exact) mass is 298 g/mol. The molecule has 0 radical (unpaired) electrons. The summed E-state index contributed by atoms with van der Waals surface area (Å²) in [6.07, 6.45) is 3.92. The first-order chi connectivity index (χ1) is 10.4. The maximum absolute atomic E-state index is 5.90. The molecule has 0 amide bonds. The predicted octanol–water partition coefficient (Wildman–Crippen LogP) is 2.72. The summed E-state index contributed by atoms with van der Waals surface area (Å²) in [4.78, 5) is 1.31. The first kappa shape index (κ1) is 14.0. The van der Waals surface area contributed by atoms with Crippen LogP contribution in [0.5, 0.6) is 0 Å². The van der Waals surface area contributed by atoms with Crippen LogP contribution in [0, 0.1) is 0 Å². The van der Waals surface area contributed by atoms with Gasteiger partial charge in [0.2, 0.25) is 0 Å². The third-order valence-corrected chi connectivity index (χ3v) is 4.24. The van der Waals surface area contributed by atoms with E-state index in [1.165, 1.54) is 4.88 Å². The van der Waals surface area contributed by atoms with Crippen molar-refractivity contribution in [1.82, 2.24) is 15.1 Å². The zero-order valence-electron chi connectivity index (χ0n) is 11.6. The molecule has 4 nitrogen and oxygen atoms in total. The lowest BCUT2D eigenvalue weighted by Crippen LogP contribution is -2.27. The second-order valence-corrected chi connectivity index (χ2v) is 5.83. The van der Waals surface area contributed by atoms with Gasteiger partial charge in [-0.2, -0.15) is 5.10 Å². The number of nitrogens with one attached hydrogen (secondary N) is 1. The van der Waals surface area contributed by atoms with Crippen LogP contribution >= 0.6 is 11.3 Å². The fourth-order valence-corrected chi connectivity index (χ4v) is 2.87. The van der Waals surface area contributed by atoms with Gasteiger partial charge < -0.3 is 11.1 Å². The third-order valence-electron chi connectivity index (χ3n) is 3.36. The normalized spacial score (nSPS) is 12.4. The van der Waals surface area contributed by atoms with E-state index >= 15 is 0 Å². The molecule has 1 atom stereocenters. The van der Waals surface area contributed by atoms with E-state index in [0.717, 1.165) is 17.8 Å². The van der Waals surface area contributed by atoms with E-state index in [1.54, 1.807) is 11.3 Å². The van der Waals surface area contributed by atoms with Gasteiger partial charge in [0.25, 0.3) is 0 Å². The fourth-order valence-electron chi connectivity index (χ4n) is 2.21. The minimum atomic E-state index is 0.115. The Balaban J connectivity index is 1.71. The Labute approximate surface area is 128 Å². The number of rotatable bonds is 6. The average molecular weight is 298 g/mol. The summed E-state index contributed by atoms with van der Waals surface area (Å²) in [6, 6.07) is 14.4. The molecule has 0 saturated heterocycles. The smallest absolute Gasteiger partial charge is 0.0645 e. The van der Waals surface area contributed by atoms with E-state index in [9.17, 15) is 0 Å². The molecule has 3 N–H and O–H groups in total. The molecule has 0 bridgehead atoms. The highest BCUT2D eigenvalue weighted by Crippen LogP contribution is 2.16. The predicted molar refractivity (Wildman–Crippen MR) is 86.5 cm³/mol. The van der Waals surface area contributed by atoms with Crippen molar-refractivity contribution >= 4 is 11.3 Å². The Morgan fingerprint density at radius 2 is 2.05 bits per heavy atom. The molecule has 0 spiro atoms. The number of hydrogen-bond acceptors (Lipinski definition) is 4. The van der Waals surface area contributed by atoms with Gasteiger partial charge in [-0.05, 0) is 23.6 Å². The van der Waals surface area contributed by atoms with Gasteiger partial charge in [0, 0.05) is 35.8 Å². The van der Waals surface area contributed by atoms with E-state index in [4.69, 9.17) is 5.73 Å². The lowest BCUT2D eigenvalue weighted by atomic mass is 10.1. The molecule has 0 aliphatic rings. The molecule has 0 fully saturated rings. The highest BCUT2D eigenvalue weighted by Gasteiger charge is 2.12. The summed E-state index contributed by atoms with van der Waals surface area (Å²) in [5.74, 6) is 0. The Morgan fingerprint density at radius 3 is 2.76 bits per heavy atom. The van der Waals surface area contributed by atoms with Crippen molar-refractivity contribution in [3.8, 4) is 5.69 Å². The summed E-state index contributed by atoms with van der Waals surface area (Å²) >= 11 is 1.75. The molecule has 1 aromatic carbocycles. The molecule has 108 valence electrons. The van der Waals surface area contributed by atoms with Gasteiger partial charge in [-0.15, -0.1) is 11.3 Å². The van der Waals surface area contributed by atoms with Crippen LogP contribution in [0.3, 0.4) is 0 Å². The van der Waals surface area contributed by atoms with Gasteiger partial charge in [-0.1, -0.05) is 24.3 Å². The van der Waals surface area contributed by atoms with Gasteiger partial charge in [-0.3, -0.25) is 0 Å². The second-order valence-electron chi connectivity index (χ2n) is 4.80. The van der Waals surface area contributed by atoms with Crippen LogP contribution in [0.15, 0.2) is 60.2 Å². The molecule has 0 aliphatic heterocycles. The van der Waals surface area contributed by atoms with E-state index in [2.05, 4.69) is 27.9 Å². The third kappa shape index (κ3) is 3.39. The summed E-state index contributed by atoms with van der Waals surface area (Å²) < 4.78 is 1.88. The molecular formula is C16H18N4S. The Bertz CT molecular complexity index is 661. The second kappa shape index (κ2) is 6.67. The van der Waals surface area contributed by atoms with Crippen molar-refractivity contribution in [3.05, 3.63) is 70.7 Å². The lowest BCUT2D eigenvalue weighted by Gasteiger charge is -2.14. The SMILES string of the molecule is NCC(NCc1cccs1)c1cnn(-c2ccccc2)c1. The van der Waals surface area contributed by atoms with E-state index in [1.807, 2.05) is 47.4 Å². The number of hydrogen-bond donors (Lipinski definition) is 2. The van der Waals surface area contributed by atoms with Crippen LogP contribution in [0.25, 0.3) is 5.69 Å². The number of para-hydroxylation sites is 1. The van der Waals surface area contributed by atoms with Gasteiger partial charge in [-0.25, -0.2) is 4.68 Å². The van der Waals surface area contributed by atoms with Gasteiger partial charge >= 0.3 is 0 Å². The number of benzene rings is 1. The quantitative estimate of drug-likeness (QED) is 0.735. The first-order valence-electron chi connectivity index (χ1n) is 6.92. The van der Waals surface area contributed by atoms with E-state index in [-0.39, 0.29) is 6.04 Å². The largest absolute Gasteiger partial charge is 0.329 e. The average Bonchev–Trinajstić information content (AvgIpc) is 3.20. The highest BCUT2D eigenvalue weighted by atomic mass is 32.1. The first-order valence-corrected chi connectivity index (χ1v) is 7.80. The molecule has 0 aliphatic carbocycles. The van der Waals surface area contributed by atoms with Crippen LogP contribution in [-0.2, 0) is 6.54 Å². The fraction of sp³-hybridized carbons (Fsp3) is 0.188. The number of nitrogens with zero attached hydrogens (tertiary/aromatic N) is 2. The molecule has 3 rings (SSSR count). The summed E-state index contributed by atoms with van der Waals surface area (Å²) in [5, 5.41) is 9.99. The van der Waals surface area contributed by atoms with Crippen LogP contribution in [0.2, 0.25) is 0 Å². The summed E-state index contributed by atoms with van der Waals surface area (Å²) in [6.45, 7) is 1.38.